The van der Waals surface area contributed by atoms with Gasteiger partial charge in [0.1, 0.15) is 11.9 Å². The van der Waals surface area contributed by atoms with Gasteiger partial charge in [-0.2, -0.15) is 0 Å². The SMILES string of the molecule is Cc1cccc(NC(=O)c2nnn3c2CO[C@@H](c2ccc(F)cc2)C3)c1. The molecule has 1 aromatic heterocycles. The molecule has 0 bridgehead atoms. The summed E-state index contributed by atoms with van der Waals surface area (Å²) in [6.45, 7) is 2.59. The van der Waals surface area contributed by atoms with Crippen LogP contribution in [-0.2, 0) is 17.9 Å². The van der Waals surface area contributed by atoms with Crippen LogP contribution in [0.4, 0.5) is 10.1 Å². The van der Waals surface area contributed by atoms with Crippen LogP contribution in [-0.4, -0.2) is 20.9 Å². The molecule has 1 amide bonds. The average molecular weight is 352 g/mol. The van der Waals surface area contributed by atoms with Crippen LogP contribution in [0.2, 0.25) is 0 Å². The van der Waals surface area contributed by atoms with Crippen molar-refractivity contribution in [2.24, 2.45) is 0 Å². The van der Waals surface area contributed by atoms with E-state index in [0.717, 1.165) is 11.1 Å². The molecule has 0 saturated carbocycles. The molecule has 1 aliphatic heterocycles. The van der Waals surface area contributed by atoms with Crippen LogP contribution >= 0.6 is 0 Å². The van der Waals surface area contributed by atoms with E-state index in [1.807, 2.05) is 31.2 Å². The number of nitrogens with zero attached hydrogens (tertiary/aromatic N) is 3. The molecular weight excluding hydrogens is 335 g/mol. The summed E-state index contributed by atoms with van der Waals surface area (Å²) in [6, 6.07) is 13.7. The lowest BCUT2D eigenvalue weighted by atomic mass is 10.1. The van der Waals surface area contributed by atoms with Crippen molar-refractivity contribution in [3.63, 3.8) is 0 Å². The molecule has 0 fully saturated rings. The third kappa shape index (κ3) is 3.21. The highest BCUT2D eigenvalue weighted by Gasteiger charge is 2.27. The fourth-order valence-electron chi connectivity index (χ4n) is 2.98. The lowest BCUT2D eigenvalue weighted by molar-refractivity contribution is -0.00174. The maximum atomic E-state index is 13.1. The molecule has 6 nitrogen and oxygen atoms in total. The van der Waals surface area contributed by atoms with Crippen molar-refractivity contribution in [3.8, 4) is 0 Å². The molecule has 4 rings (SSSR count). The first-order chi connectivity index (χ1) is 12.6. The van der Waals surface area contributed by atoms with Gasteiger partial charge in [-0.25, -0.2) is 9.07 Å². The molecule has 0 radical (unpaired) electrons. The van der Waals surface area contributed by atoms with Gasteiger partial charge in [-0.3, -0.25) is 4.79 Å². The van der Waals surface area contributed by atoms with Crippen molar-refractivity contribution in [1.82, 2.24) is 15.0 Å². The Labute approximate surface area is 149 Å². The topological polar surface area (TPSA) is 69.0 Å². The number of hydrogen-bond donors (Lipinski definition) is 1. The Kier molecular flexibility index (Phi) is 4.22. The van der Waals surface area contributed by atoms with Crippen LogP contribution in [0.1, 0.15) is 33.4 Å². The average Bonchev–Trinajstić information content (AvgIpc) is 3.05. The first-order valence-corrected chi connectivity index (χ1v) is 8.27. The monoisotopic (exact) mass is 352 g/mol. The van der Waals surface area contributed by atoms with E-state index in [1.165, 1.54) is 12.1 Å². The lowest BCUT2D eigenvalue weighted by Gasteiger charge is -2.24. The van der Waals surface area contributed by atoms with Crippen molar-refractivity contribution in [3.05, 3.63) is 76.9 Å². The van der Waals surface area contributed by atoms with Crippen LogP contribution in [0.15, 0.2) is 48.5 Å². The number of ether oxygens (including phenoxy) is 1. The van der Waals surface area contributed by atoms with E-state index < -0.39 is 0 Å². The van der Waals surface area contributed by atoms with E-state index in [1.54, 1.807) is 16.8 Å². The van der Waals surface area contributed by atoms with Gasteiger partial charge in [-0.1, -0.05) is 29.5 Å². The van der Waals surface area contributed by atoms with E-state index in [9.17, 15) is 9.18 Å². The zero-order valence-corrected chi connectivity index (χ0v) is 14.1. The molecule has 26 heavy (non-hydrogen) atoms. The molecule has 7 heteroatoms. The number of carbonyl (C=O) groups is 1. The number of rotatable bonds is 3. The van der Waals surface area contributed by atoms with Gasteiger partial charge in [0.2, 0.25) is 0 Å². The van der Waals surface area contributed by atoms with Gasteiger partial charge in [0, 0.05) is 5.69 Å². The second-order valence-corrected chi connectivity index (χ2v) is 6.24. The van der Waals surface area contributed by atoms with Gasteiger partial charge in [0.05, 0.1) is 18.8 Å². The number of fused-ring (bicyclic) bond motifs is 1. The van der Waals surface area contributed by atoms with E-state index in [2.05, 4.69) is 15.6 Å². The Morgan fingerprint density at radius 2 is 2.08 bits per heavy atom. The molecule has 1 atom stereocenters. The minimum atomic E-state index is -0.319. The Hall–Kier alpha value is -3.06. The zero-order chi connectivity index (χ0) is 18.1. The molecule has 132 valence electrons. The second-order valence-electron chi connectivity index (χ2n) is 6.24. The minimum absolute atomic E-state index is 0.214. The highest BCUT2D eigenvalue weighted by Crippen LogP contribution is 2.27. The molecule has 0 unspecified atom stereocenters. The minimum Gasteiger partial charge on any atom is -0.365 e. The quantitative estimate of drug-likeness (QED) is 0.786. The molecule has 0 aliphatic carbocycles. The highest BCUT2D eigenvalue weighted by atomic mass is 19.1. The Bertz CT molecular complexity index is 952. The number of halogens is 1. The third-order valence-electron chi connectivity index (χ3n) is 4.33. The number of aryl methyl sites for hydroxylation is 1. The summed E-state index contributed by atoms with van der Waals surface area (Å²) in [4.78, 5) is 12.5. The van der Waals surface area contributed by atoms with Gasteiger partial charge in [-0.05, 0) is 42.3 Å². The Morgan fingerprint density at radius 3 is 2.85 bits per heavy atom. The summed E-state index contributed by atoms with van der Waals surface area (Å²) >= 11 is 0. The van der Waals surface area contributed by atoms with Crippen LogP contribution in [0.3, 0.4) is 0 Å². The predicted octanol–water partition coefficient (Wildman–Crippen LogP) is 3.25. The number of benzene rings is 2. The van der Waals surface area contributed by atoms with E-state index >= 15 is 0 Å². The molecular formula is C19H17FN4O2. The number of carbonyl (C=O) groups excluding carboxylic acids is 1. The predicted molar refractivity (Wildman–Crippen MR) is 93.1 cm³/mol. The van der Waals surface area contributed by atoms with Gasteiger partial charge in [-0.15, -0.1) is 5.10 Å². The number of aromatic nitrogens is 3. The number of hydrogen-bond acceptors (Lipinski definition) is 4. The first kappa shape index (κ1) is 16.4. The fourth-order valence-corrected chi connectivity index (χ4v) is 2.98. The van der Waals surface area contributed by atoms with Crippen molar-refractivity contribution >= 4 is 11.6 Å². The summed E-state index contributed by atoms with van der Waals surface area (Å²) in [5, 5.41) is 10.9. The maximum absolute atomic E-state index is 13.1. The number of anilines is 1. The third-order valence-corrected chi connectivity index (χ3v) is 4.33. The smallest absolute Gasteiger partial charge is 0.278 e. The Morgan fingerprint density at radius 1 is 1.27 bits per heavy atom. The largest absolute Gasteiger partial charge is 0.365 e. The molecule has 1 aliphatic rings. The molecule has 0 saturated heterocycles. The summed E-state index contributed by atoms with van der Waals surface area (Å²) in [7, 11) is 0. The molecule has 2 aromatic carbocycles. The van der Waals surface area contributed by atoms with Crippen LogP contribution in [0.5, 0.6) is 0 Å². The first-order valence-electron chi connectivity index (χ1n) is 8.27. The summed E-state index contributed by atoms with van der Waals surface area (Å²) in [5.74, 6) is -0.609. The van der Waals surface area contributed by atoms with Crippen molar-refractivity contribution in [1.29, 1.82) is 0 Å². The van der Waals surface area contributed by atoms with Gasteiger partial charge < -0.3 is 10.1 Å². The van der Waals surface area contributed by atoms with Crippen molar-refractivity contribution in [2.45, 2.75) is 26.2 Å². The van der Waals surface area contributed by atoms with E-state index in [-0.39, 0.29) is 30.1 Å². The summed E-state index contributed by atoms with van der Waals surface area (Å²) < 4.78 is 20.6. The fraction of sp³-hybridized carbons (Fsp3) is 0.211. The molecule has 1 N–H and O–H groups in total. The van der Waals surface area contributed by atoms with E-state index in [4.69, 9.17) is 4.74 Å². The molecule has 3 aromatic rings. The normalized spacial score (nSPS) is 16.2. The Balaban J connectivity index is 1.52. The molecule has 2 heterocycles. The molecule has 0 spiro atoms. The van der Waals surface area contributed by atoms with Crippen LogP contribution in [0.25, 0.3) is 0 Å². The van der Waals surface area contributed by atoms with E-state index in [0.29, 0.717) is 17.9 Å². The van der Waals surface area contributed by atoms with Gasteiger partial charge in [0.25, 0.3) is 5.91 Å². The lowest BCUT2D eigenvalue weighted by Crippen LogP contribution is -2.24. The maximum Gasteiger partial charge on any atom is 0.278 e. The van der Waals surface area contributed by atoms with Gasteiger partial charge >= 0.3 is 0 Å². The number of nitrogens with one attached hydrogen (secondary N) is 1. The highest BCUT2D eigenvalue weighted by molar-refractivity contribution is 6.03. The second kappa shape index (κ2) is 6.68. The zero-order valence-electron chi connectivity index (χ0n) is 14.1. The standard InChI is InChI=1S/C19H17FN4O2/c1-12-3-2-4-15(9-12)21-19(25)18-16-11-26-17(10-24(16)23-22-18)13-5-7-14(20)8-6-13/h2-9,17H,10-11H2,1H3,(H,21,25)/t17-/m1/s1. The van der Waals surface area contributed by atoms with Crippen LogP contribution in [0, 0.1) is 12.7 Å². The summed E-state index contributed by atoms with van der Waals surface area (Å²) in [6.07, 6.45) is -0.252. The van der Waals surface area contributed by atoms with Crippen LogP contribution < -0.4 is 5.32 Å². The van der Waals surface area contributed by atoms with Gasteiger partial charge in [0.15, 0.2) is 5.69 Å². The van der Waals surface area contributed by atoms with Crippen molar-refractivity contribution < 1.29 is 13.9 Å². The summed E-state index contributed by atoms with van der Waals surface area (Å²) in [5.41, 5.74) is 3.51. The van der Waals surface area contributed by atoms with Crippen molar-refractivity contribution in [2.75, 3.05) is 5.32 Å². The number of amides is 1.